The second kappa shape index (κ2) is 9.05. The van der Waals surface area contributed by atoms with Crippen LogP contribution in [0.4, 0.5) is 0 Å². The molecular formula is C18H28N6. The third-order valence-electron chi connectivity index (χ3n) is 4.10. The number of hydrogen-bond acceptors (Lipinski definition) is 3. The van der Waals surface area contributed by atoms with Crippen LogP contribution >= 0.6 is 0 Å². The van der Waals surface area contributed by atoms with Crippen LogP contribution in [0.1, 0.15) is 36.7 Å². The van der Waals surface area contributed by atoms with E-state index in [-0.39, 0.29) is 0 Å². The Morgan fingerprint density at radius 1 is 1.25 bits per heavy atom. The van der Waals surface area contributed by atoms with Gasteiger partial charge in [-0.2, -0.15) is 0 Å². The van der Waals surface area contributed by atoms with E-state index in [4.69, 9.17) is 0 Å². The van der Waals surface area contributed by atoms with E-state index in [1.807, 2.05) is 0 Å². The van der Waals surface area contributed by atoms with E-state index >= 15 is 0 Å². The van der Waals surface area contributed by atoms with Crippen molar-refractivity contribution in [2.24, 2.45) is 4.99 Å². The highest BCUT2D eigenvalue weighted by Gasteiger charge is 2.07. The van der Waals surface area contributed by atoms with Gasteiger partial charge in [0.1, 0.15) is 12.2 Å². The number of aliphatic imine (C=N–C) groups is 1. The molecule has 130 valence electrons. The predicted octanol–water partition coefficient (Wildman–Crippen LogP) is 2.12. The van der Waals surface area contributed by atoms with Crippen molar-refractivity contribution >= 4 is 5.96 Å². The number of aromatic nitrogens is 3. The molecule has 6 heteroatoms. The van der Waals surface area contributed by atoms with Crippen LogP contribution in [0.25, 0.3) is 0 Å². The van der Waals surface area contributed by atoms with Gasteiger partial charge in [0.15, 0.2) is 5.96 Å². The monoisotopic (exact) mass is 328 g/mol. The SMILES string of the molecule is CCc1nncn1CCNC(=NC)NCC(C)c1ccc(C)cc1. The maximum Gasteiger partial charge on any atom is 0.191 e. The molecule has 1 aromatic carbocycles. The highest BCUT2D eigenvalue weighted by Crippen LogP contribution is 2.14. The fraction of sp³-hybridized carbons (Fsp3) is 0.500. The quantitative estimate of drug-likeness (QED) is 0.603. The lowest BCUT2D eigenvalue weighted by Gasteiger charge is -2.17. The average molecular weight is 328 g/mol. The van der Waals surface area contributed by atoms with Gasteiger partial charge < -0.3 is 15.2 Å². The molecule has 0 aliphatic rings. The number of nitrogens with one attached hydrogen (secondary N) is 2. The van der Waals surface area contributed by atoms with E-state index < -0.39 is 0 Å². The van der Waals surface area contributed by atoms with Crippen LogP contribution in [0, 0.1) is 6.92 Å². The summed E-state index contributed by atoms with van der Waals surface area (Å²) in [5, 5.41) is 14.8. The van der Waals surface area contributed by atoms with Gasteiger partial charge in [-0.1, -0.05) is 43.7 Å². The minimum atomic E-state index is 0.425. The molecule has 6 nitrogen and oxygen atoms in total. The van der Waals surface area contributed by atoms with Crippen molar-refractivity contribution in [1.82, 2.24) is 25.4 Å². The van der Waals surface area contributed by atoms with E-state index in [0.29, 0.717) is 5.92 Å². The maximum absolute atomic E-state index is 4.28. The molecule has 0 spiro atoms. The van der Waals surface area contributed by atoms with Gasteiger partial charge in [-0.15, -0.1) is 10.2 Å². The molecule has 1 aromatic heterocycles. The molecule has 0 aliphatic heterocycles. The Morgan fingerprint density at radius 2 is 2.00 bits per heavy atom. The van der Waals surface area contributed by atoms with Crippen molar-refractivity contribution < 1.29 is 0 Å². The molecule has 0 saturated heterocycles. The molecule has 0 bridgehead atoms. The second-order valence-corrected chi connectivity index (χ2v) is 5.99. The molecular weight excluding hydrogens is 300 g/mol. The maximum atomic E-state index is 4.28. The number of rotatable bonds is 7. The van der Waals surface area contributed by atoms with Gasteiger partial charge in [-0.3, -0.25) is 4.99 Å². The largest absolute Gasteiger partial charge is 0.356 e. The van der Waals surface area contributed by atoms with Crippen LogP contribution in [0.5, 0.6) is 0 Å². The summed E-state index contributed by atoms with van der Waals surface area (Å²) >= 11 is 0. The van der Waals surface area contributed by atoms with Gasteiger partial charge in [-0.05, 0) is 18.4 Å². The summed E-state index contributed by atoms with van der Waals surface area (Å²) < 4.78 is 2.06. The zero-order valence-electron chi connectivity index (χ0n) is 15.1. The van der Waals surface area contributed by atoms with E-state index in [2.05, 4.69) is 75.4 Å². The Kier molecular flexibility index (Phi) is 6.78. The molecule has 2 rings (SSSR count). The minimum Gasteiger partial charge on any atom is -0.356 e. The number of hydrogen-bond donors (Lipinski definition) is 2. The first-order valence-electron chi connectivity index (χ1n) is 8.51. The number of benzene rings is 1. The van der Waals surface area contributed by atoms with Crippen LogP contribution in [-0.4, -0.2) is 40.9 Å². The van der Waals surface area contributed by atoms with Crippen LogP contribution in [0.3, 0.4) is 0 Å². The molecule has 1 heterocycles. The second-order valence-electron chi connectivity index (χ2n) is 5.99. The lowest BCUT2D eigenvalue weighted by molar-refractivity contribution is 0.627. The topological polar surface area (TPSA) is 67.1 Å². The molecule has 0 fully saturated rings. The number of nitrogens with zero attached hydrogens (tertiary/aromatic N) is 4. The summed E-state index contributed by atoms with van der Waals surface area (Å²) in [5.74, 6) is 2.25. The van der Waals surface area contributed by atoms with Crippen molar-refractivity contribution in [3.05, 3.63) is 47.5 Å². The van der Waals surface area contributed by atoms with E-state index in [1.54, 1.807) is 13.4 Å². The molecule has 0 saturated carbocycles. The standard InChI is InChI=1S/C18H28N6/c1-5-17-23-22-13-24(17)11-10-20-18(19-4)21-12-15(3)16-8-6-14(2)7-9-16/h6-9,13,15H,5,10-12H2,1-4H3,(H2,19,20,21). The summed E-state index contributed by atoms with van der Waals surface area (Å²) in [4.78, 5) is 4.28. The lowest BCUT2D eigenvalue weighted by Crippen LogP contribution is -2.40. The van der Waals surface area contributed by atoms with Crippen LogP contribution in [0.15, 0.2) is 35.6 Å². The van der Waals surface area contributed by atoms with Crippen molar-refractivity contribution in [2.75, 3.05) is 20.1 Å². The first kappa shape index (κ1) is 18.0. The van der Waals surface area contributed by atoms with Gasteiger partial charge in [0.05, 0.1) is 0 Å². The Bertz CT molecular complexity index is 644. The van der Waals surface area contributed by atoms with Crippen molar-refractivity contribution in [1.29, 1.82) is 0 Å². The van der Waals surface area contributed by atoms with Crippen molar-refractivity contribution in [3.63, 3.8) is 0 Å². The first-order valence-corrected chi connectivity index (χ1v) is 8.51. The van der Waals surface area contributed by atoms with Gasteiger partial charge in [0.2, 0.25) is 0 Å². The third kappa shape index (κ3) is 5.08. The summed E-state index contributed by atoms with van der Waals surface area (Å²) in [6, 6.07) is 8.69. The fourth-order valence-corrected chi connectivity index (χ4v) is 2.52. The molecule has 24 heavy (non-hydrogen) atoms. The van der Waals surface area contributed by atoms with Crippen molar-refractivity contribution in [2.45, 2.75) is 39.7 Å². The molecule has 2 N–H and O–H groups in total. The van der Waals surface area contributed by atoms with E-state index in [0.717, 1.165) is 37.8 Å². The van der Waals surface area contributed by atoms with E-state index in [9.17, 15) is 0 Å². The Hall–Kier alpha value is -2.37. The van der Waals surface area contributed by atoms with Crippen molar-refractivity contribution in [3.8, 4) is 0 Å². The lowest BCUT2D eigenvalue weighted by atomic mass is 10.0. The average Bonchev–Trinajstić information content (AvgIpc) is 3.05. The van der Waals surface area contributed by atoms with Crippen LogP contribution in [-0.2, 0) is 13.0 Å². The molecule has 0 amide bonds. The smallest absolute Gasteiger partial charge is 0.191 e. The first-order chi connectivity index (χ1) is 11.6. The fourth-order valence-electron chi connectivity index (χ4n) is 2.52. The third-order valence-corrected chi connectivity index (χ3v) is 4.10. The zero-order valence-corrected chi connectivity index (χ0v) is 15.1. The number of aryl methyl sites for hydroxylation is 2. The highest BCUT2D eigenvalue weighted by molar-refractivity contribution is 5.79. The van der Waals surface area contributed by atoms with Gasteiger partial charge in [0.25, 0.3) is 0 Å². The van der Waals surface area contributed by atoms with Crippen LogP contribution < -0.4 is 10.6 Å². The molecule has 0 radical (unpaired) electrons. The molecule has 0 aliphatic carbocycles. The number of guanidine groups is 1. The summed E-state index contributed by atoms with van der Waals surface area (Å²) in [5.41, 5.74) is 2.62. The van der Waals surface area contributed by atoms with Gasteiger partial charge in [0, 0.05) is 33.1 Å². The normalized spacial score (nSPS) is 12.9. The Balaban J connectivity index is 1.77. The summed E-state index contributed by atoms with van der Waals surface area (Å²) in [6.07, 6.45) is 2.66. The Labute approximate surface area is 144 Å². The summed E-state index contributed by atoms with van der Waals surface area (Å²) in [6.45, 7) is 8.86. The molecule has 1 unspecified atom stereocenters. The minimum absolute atomic E-state index is 0.425. The molecule has 2 aromatic rings. The van der Waals surface area contributed by atoms with Gasteiger partial charge >= 0.3 is 0 Å². The van der Waals surface area contributed by atoms with Gasteiger partial charge in [-0.25, -0.2) is 0 Å². The molecule has 1 atom stereocenters. The van der Waals surface area contributed by atoms with Crippen LogP contribution in [0.2, 0.25) is 0 Å². The van der Waals surface area contributed by atoms with E-state index in [1.165, 1.54) is 11.1 Å². The summed E-state index contributed by atoms with van der Waals surface area (Å²) in [7, 11) is 1.79. The highest BCUT2D eigenvalue weighted by atomic mass is 15.3. The Morgan fingerprint density at radius 3 is 2.67 bits per heavy atom. The predicted molar refractivity (Wildman–Crippen MR) is 98.4 cm³/mol. The zero-order chi connectivity index (χ0) is 17.4.